The van der Waals surface area contributed by atoms with Crippen molar-refractivity contribution in [1.29, 1.82) is 0 Å². The summed E-state index contributed by atoms with van der Waals surface area (Å²) in [5.41, 5.74) is 0. The Hall–Kier alpha value is -0.900. The van der Waals surface area contributed by atoms with E-state index in [1.807, 2.05) is 6.92 Å². The number of aliphatic imine (C=N–C) groups is 1. The van der Waals surface area contributed by atoms with Crippen LogP contribution in [0.3, 0.4) is 0 Å². The molecule has 0 saturated carbocycles. The van der Waals surface area contributed by atoms with Crippen LogP contribution in [-0.2, 0) is 19.5 Å². The summed E-state index contributed by atoms with van der Waals surface area (Å²) in [6.07, 6.45) is 4.13. The van der Waals surface area contributed by atoms with Gasteiger partial charge < -0.3 is 20.1 Å². The van der Waals surface area contributed by atoms with Crippen LogP contribution in [0.2, 0.25) is 0 Å². The third-order valence-electron chi connectivity index (χ3n) is 4.54. The predicted octanol–water partition coefficient (Wildman–Crippen LogP) is 1.09. The number of ether oxygens (including phenoxy) is 2. The third-order valence-corrected chi connectivity index (χ3v) is 5.89. The van der Waals surface area contributed by atoms with Gasteiger partial charge in [-0.05, 0) is 38.5 Å². The summed E-state index contributed by atoms with van der Waals surface area (Å²) in [7, 11) is -1.66. The maximum Gasteiger partial charge on any atom is 0.213 e. The van der Waals surface area contributed by atoms with Gasteiger partial charge in [-0.1, -0.05) is 13.8 Å². The molecule has 3 N–H and O–H groups in total. The van der Waals surface area contributed by atoms with Crippen molar-refractivity contribution in [2.45, 2.75) is 58.7 Å². The quantitative estimate of drug-likeness (QED) is 0.331. The molecular formula is C18H38N4O4S. The van der Waals surface area contributed by atoms with Crippen LogP contribution in [0, 0.1) is 5.92 Å². The monoisotopic (exact) mass is 406 g/mol. The van der Waals surface area contributed by atoms with Gasteiger partial charge in [0.2, 0.25) is 10.0 Å². The zero-order valence-corrected chi connectivity index (χ0v) is 18.1. The van der Waals surface area contributed by atoms with E-state index in [0.29, 0.717) is 38.1 Å². The molecule has 9 heteroatoms. The molecule has 0 amide bonds. The number of rotatable bonds is 12. The molecule has 1 saturated heterocycles. The van der Waals surface area contributed by atoms with E-state index in [2.05, 4.69) is 34.2 Å². The Balaban J connectivity index is 2.24. The second-order valence-corrected chi connectivity index (χ2v) is 9.03. The van der Waals surface area contributed by atoms with Gasteiger partial charge in [-0.15, -0.1) is 0 Å². The van der Waals surface area contributed by atoms with Gasteiger partial charge in [-0.3, -0.25) is 4.99 Å². The van der Waals surface area contributed by atoms with E-state index in [9.17, 15) is 8.42 Å². The van der Waals surface area contributed by atoms with Crippen molar-refractivity contribution in [3.8, 4) is 0 Å². The minimum Gasteiger partial charge on any atom is -0.378 e. The van der Waals surface area contributed by atoms with Crippen molar-refractivity contribution < 1.29 is 17.9 Å². The molecule has 8 nitrogen and oxygen atoms in total. The SMILES string of the molecule is CCOC(CCNC(=NC)NCCS(=O)(=O)NCC1CCCCO1)C(C)C. The highest BCUT2D eigenvalue weighted by Crippen LogP contribution is 2.12. The maximum absolute atomic E-state index is 12.1. The fourth-order valence-corrected chi connectivity index (χ4v) is 3.90. The molecule has 27 heavy (non-hydrogen) atoms. The largest absolute Gasteiger partial charge is 0.378 e. The molecule has 2 unspecified atom stereocenters. The lowest BCUT2D eigenvalue weighted by Crippen LogP contribution is -2.43. The molecule has 2 atom stereocenters. The maximum atomic E-state index is 12.1. The first kappa shape index (κ1) is 24.1. The highest BCUT2D eigenvalue weighted by molar-refractivity contribution is 7.89. The molecule has 1 aliphatic rings. The van der Waals surface area contributed by atoms with Gasteiger partial charge in [0.25, 0.3) is 0 Å². The van der Waals surface area contributed by atoms with Crippen molar-refractivity contribution in [1.82, 2.24) is 15.4 Å². The molecule has 0 spiro atoms. The topological polar surface area (TPSA) is 101 Å². The average Bonchev–Trinajstić information content (AvgIpc) is 2.65. The first-order valence-electron chi connectivity index (χ1n) is 10.0. The zero-order chi connectivity index (χ0) is 20.1. The van der Waals surface area contributed by atoms with Crippen molar-refractivity contribution >= 4 is 16.0 Å². The Bertz CT molecular complexity index is 519. The normalized spacial score (nSPS) is 19.9. The van der Waals surface area contributed by atoms with Crippen molar-refractivity contribution in [2.75, 3.05) is 45.6 Å². The third kappa shape index (κ3) is 10.9. The Morgan fingerprint density at radius 3 is 2.59 bits per heavy atom. The fraction of sp³-hybridized carbons (Fsp3) is 0.944. The van der Waals surface area contributed by atoms with E-state index in [4.69, 9.17) is 9.47 Å². The van der Waals surface area contributed by atoms with E-state index in [1.165, 1.54) is 0 Å². The Kier molecular flexibility index (Phi) is 11.9. The summed E-state index contributed by atoms with van der Waals surface area (Å²) in [4.78, 5) is 4.13. The molecule has 0 bridgehead atoms. The molecule has 0 radical (unpaired) electrons. The molecule has 1 aliphatic heterocycles. The molecule has 0 aromatic rings. The van der Waals surface area contributed by atoms with Gasteiger partial charge in [0.1, 0.15) is 0 Å². The molecule has 1 fully saturated rings. The smallest absolute Gasteiger partial charge is 0.213 e. The van der Waals surface area contributed by atoms with Gasteiger partial charge in [0.15, 0.2) is 5.96 Å². The first-order chi connectivity index (χ1) is 12.9. The molecule has 160 valence electrons. The number of hydrogen-bond acceptors (Lipinski definition) is 5. The van der Waals surface area contributed by atoms with Crippen LogP contribution in [0.5, 0.6) is 0 Å². The van der Waals surface area contributed by atoms with E-state index >= 15 is 0 Å². The van der Waals surface area contributed by atoms with Gasteiger partial charge in [0.05, 0.1) is 18.0 Å². The van der Waals surface area contributed by atoms with E-state index in [0.717, 1.165) is 32.3 Å². The number of guanidine groups is 1. The molecule has 0 aliphatic carbocycles. The number of nitrogens with one attached hydrogen (secondary N) is 3. The van der Waals surface area contributed by atoms with Gasteiger partial charge in [-0.2, -0.15) is 0 Å². The van der Waals surface area contributed by atoms with Crippen molar-refractivity contribution in [3.63, 3.8) is 0 Å². The van der Waals surface area contributed by atoms with Crippen LogP contribution in [0.1, 0.15) is 46.5 Å². The van der Waals surface area contributed by atoms with Crippen LogP contribution in [-0.4, -0.2) is 72.2 Å². The molecule has 1 heterocycles. The number of hydrogen-bond donors (Lipinski definition) is 3. The molecular weight excluding hydrogens is 368 g/mol. The molecule has 0 aromatic carbocycles. The number of sulfonamides is 1. The predicted molar refractivity (Wildman–Crippen MR) is 110 cm³/mol. The highest BCUT2D eigenvalue weighted by Gasteiger charge is 2.18. The highest BCUT2D eigenvalue weighted by atomic mass is 32.2. The van der Waals surface area contributed by atoms with Gasteiger partial charge >= 0.3 is 0 Å². The van der Waals surface area contributed by atoms with Crippen LogP contribution in [0.4, 0.5) is 0 Å². The van der Waals surface area contributed by atoms with Crippen molar-refractivity contribution in [3.05, 3.63) is 0 Å². The molecule has 0 aromatic heterocycles. The second-order valence-electron chi connectivity index (χ2n) is 7.11. The standard InChI is InChI=1S/C18H38N4O4S/c1-5-25-17(15(2)3)9-10-20-18(19-4)21-11-13-27(23,24)22-14-16-8-6-7-12-26-16/h15-17,22H,5-14H2,1-4H3,(H2,19,20,21). The lowest BCUT2D eigenvalue weighted by molar-refractivity contribution is 0.0200. The Morgan fingerprint density at radius 2 is 2.00 bits per heavy atom. The van der Waals surface area contributed by atoms with Gasteiger partial charge in [0, 0.05) is 39.9 Å². The van der Waals surface area contributed by atoms with E-state index in [-0.39, 0.29) is 18.0 Å². The zero-order valence-electron chi connectivity index (χ0n) is 17.3. The van der Waals surface area contributed by atoms with Crippen LogP contribution in [0.15, 0.2) is 4.99 Å². The van der Waals surface area contributed by atoms with Crippen LogP contribution >= 0.6 is 0 Å². The van der Waals surface area contributed by atoms with E-state index < -0.39 is 10.0 Å². The number of nitrogens with zero attached hydrogens (tertiary/aromatic N) is 1. The lowest BCUT2D eigenvalue weighted by atomic mass is 10.0. The summed E-state index contributed by atoms with van der Waals surface area (Å²) in [6, 6.07) is 0. The van der Waals surface area contributed by atoms with Crippen LogP contribution < -0.4 is 15.4 Å². The average molecular weight is 407 g/mol. The Morgan fingerprint density at radius 1 is 1.26 bits per heavy atom. The summed E-state index contributed by atoms with van der Waals surface area (Å²) in [6.45, 7) is 9.06. The minimum absolute atomic E-state index is 0.00448. The van der Waals surface area contributed by atoms with Gasteiger partial charge in [-0.25, -0.2) is 13.1 Å². The second kappa shape index (κ2) is 13.3. The summed E-state index contributed by atoms with van der Waals surface area (Å²) in [5.74, 6) is 1.04. The summed E-state index contributed by atoms with van der Waals surface area (Å²) < 4.78 is 38.1. The Labute approximate surface area is 164 Å². The first-order valence-corrected chi connectivity index (χ1v) is 11.7. The van der Waals surface area contributed by atoms with Crippen LogP contribution in [0.25, 0.3) is 0 Å². The summed E-state index contributed by atoms with van der Waals surface area (Å²) in [5, 5.41) is 6.25. The van der Waals surface area contributed by atoms with Crippen molar-refractivity contribution in [2.24, 2.45) is 10.9 Å². The lowest BCUT2D eigenvalue weighted by Gasteiger charge is -2.23. The molecule has 1 rings (SSSR count). The minimum atomic E-state index is -3.33. The van der Waals surface area contributed by atoms with E-state index in [1.54, 1.807) is 7.05 Å². The summed E-state index contributed by atoms with van der Waals surface area (Å²) >= 11 is 0. The fourth-order valence-electron chi connectivity index (χ4n) is 2.94.